The van der Waals surface area contributed by atoms with E-state index in [4.69, 9.17) is 0 Å². The van der Waals surface area contributed by atoms with E-state index in [1.807, 2.05) is 0 Å². The second kappa shape index (κ2) is 14.1. The van der Waals surface area contributed by atoms with E-state index in [-0.39, 0.29) is 0 Å². The fourth-order valence-corrected chi connectivity index (χ4v) is 3.78. The van der Waals surface area contributed by atoms with Gasteiger partial charge in [-0.05, 0) is 4.57 Å². The Balaban J connectivity index is 7.79. The maximum absolute atomic E-state index is 13.9. The SMILES string of the molecule is O=[P+]([O-])OCCC(F)(F)C(F)(F)C(F)(F)C(F)(F)C(F)(F)C(F)(F)C(F)(F)C(F)(F)C(F)(F)C(F)(F)C(F)(F)C(F)(F)C(F)(F)C(F)(F)C(F)(C(F)(F)F)C(F)(F)F. The van der Waals surface area contributed by atoms with Crippen molar-refractivity contribution in [3.63, 3.8) is 0 Å². The molecule has 0 aliphatic carbocycles. The molecule has 0 rings (SSSR count). The van der Waals surface area contributed by atoms with E-state index in [2.05, 4.69) is 4.52 Å². The first-order chi connectivity index (χ1) is 24.4. The third kappa shape index (κ3) is 6.71. The maximum atomic E-state index is 13.9. The normalized spacial score (nSPS) is 17.2. The minimum absolute atomic E-state index is 2.63. The topological polar surface area (TPSA) is 49.4 Å². The third-order valence-electron chi connectivity index (χ3n) is 7.02. The first-order valence-corrected chi connectivity index (χ1v) is 13.4. The number of hydrogen-bond donors (Lipinski definition) is 0. The Morgan fingerprint density at radius 1 is 0.310 bits per heavy atom. The Kier molecular flexibility index (Phi) is 13.5. The largest absolute Gasteiger partial charge is 0.566 e. The average Bonchev–Trinajstić information content (AvgIpc) is 2.97. The van der Waals surface area contributed by atoms with Crippen molar-refractivity contribution in [3.8, 4) is 0 Å². The van der Waals surface area contributed by atoms with Crippen LogP contribution in [0.4, 0.5) is 154 Å². The van der Waals surface area contributed by atoms with Crippen LogP contribution in [-0.2, 0) is 9.09 Å². The fraction of sp³-hybridized carbons (Fsp3) is 1.00. The quantitative estimate of drug-likeness (QED) is 0.102. The van der Waals surface area contributed by atoms with E-state index < -0.39 is 122 Å². The Morgan fingerprint density at radius 3 is 0.655 bits per heavy atom. The average molecular weight is 976 g/mol. The zero-order chi connectivity index (χ0) is 48.2. The highest BCUT2D eigenvalue weighted by atomic mass is 31.1. The maximum Gasteiger partial charge on any atom is 0.488 e. The minimum atomic E-state index is -10.4. The van der Waals surface area contributed by atoms with Crippen LogP contribution >= 0.6 is 8.25 Å². The molecule has 0 aromatic rings. The third-order valence-corrected chi connectivity index (χ3v) is 7.41. The van der Waals surface area contributed by atoms with Crippen LogP contribution in [0.3, 0.4) is 0 Å². The van der Waals surface area contributed by atoms with Gasteiger partial charge in [0.1, 0.15) is 6.61 Å². The molecule has 0 fully saturated rings. The van der Waals surface area contributed by atoms with Gasteiger partial charge in [0.2, 0.25) is 0 Å². The van der Waals surface area contributed by atoms with Gasteiger partial charge in [0.15, 0.2) is 0 Å². The van der Waals surface area contributed by atoms with Gasteiger partial charge in [-0.25, -0.2) is 4.39 Å². The first kappa shape index (κ1) is 55.6. The molecule has 39 heteroatoms. The lowest BCUT2D eigenvalue weighted by Crippen LogP contribution is -2.80. The molecule has 0 aliphatic rings. The standard InChI is InChI=1S/C19H4F35O3P/c20-3(21,1-2-57-58(55)56)5(23,24)7(27,28)9(31,32)11(35,36)13(39,40)15(43,44)17(47,48)16(45,46)14(41,42)12(37,38)10(33,34)8(29,30)6(25,26)4(22,18(49,50)51)19(52,53)54/h1-2H2. The summed E-state index contributed by atoms with van der Waals surface area (Å²) in [6, 6.07) is 0. The van der Waals surface area contributed by atoms with Crippen LogP contribution in [0.5, 0.6) is 0 Å². The molecule has 0 N–H and O–H groups in total. The molecule has 348 valence electrons. The van der Waals surface area contributed by atoms with Gasteiger partial charge in [0.25, 0.3) is 0 Å². The molecule has 3 nitrogen and oxygen atoms in total. The summed E-state index contributed by atoms with van der Waals surface area (Å²) in [5.41, 5.74) is -9.49. The van der Waals surface area contributed by atoms with Gasteiger partial charge in [-0.1, -0.05) is 0 Å². The van der Waals surface area contributed by atoms with Gasteiger partial charge < -0.3 is 4.89 Å². The minimum Gasteiger partial charge on any atom is -0.566 e. The second-order valence-corrected chi connectivity index (χ2v) is 11.3. The van der Waals surface area contributed by atoms with Crippen molar-refractivity contribution >= 4 is 8.25 Å². The highest BCUT2D eigenvalue weighted by Gasteiger charge is 3.02. The summed E-state index contributed by atoms with van der Waals surface area (Å²) in [6.45, 7) is -2.63. The van der Waals surface area contributed by atoms with Crippen LogP contribution in [0.2, 0.25) is 0 Å². The number of alkyl halides is 35. The molecule has 0 radical (unpaired) electrons. The summed E-state index contributed by atoms with van der Waals surface area (Å²) >= 11 is 0. The Hall–Kier alpha value is -2.43. The van der Waals surface area contributed by atoms with Crippen molar-refractivity contribution in [2.24, 2.45) is 0 Å². The summed E-state index contributed by atoms with van der Waals surface area (Å²) in [5, 5.41) is 0. The van der Waals surface area contributed by atoms with Crippen molar-refractivity contribution in [1.82, 2.24) is 0 Å². The highest BCUT2D eigenvalue weighted by molar-refractivity contribution is 7.30. The summed E-state index contributed by atoms with van der Waals surface area (Å²) < 4.78 is 488. The van der Waals surface area contributed by atoms with Crippen molar-refractivity contribution in [1.29, 1.82) is 0 Å². The number of rotatable bonds is 18. The van der Waals surface area contributed by atoms with Gasteiger partial charge >= 0.3 is 109 Å². The van der Waals surface area contributed by atoms with E-state index in [0.717, 1.165) is 0 Å². The smallest absolute Gasteiger partial charge is 0.488 e. The molecule has 0 aromatic carbocycles. The summed E-state index contributed by atoms with van der Waals surface area (Å²) in [4.78, 5) is 10.00. The molecule has 0 bridgehead atoms. The van der Waals surface area contributed by atoms with Crippen LogP contribution < -0.4 is 4.89 Å². The van der Waals surface area contributed by atoms with Crippen molar-refractivity contribution < 1.29 is 168 Å². The molecule has 1 atom stereocenters. The van der Waals surface area contributed by atoms with Crippen LogP contribution in [0.25, 0.3) is 0 Å². The fourth-order valence-electron chi connectivity index (χ4n) is 3.54. The molecule has 1 unspecified atom stereocenters. The van der Waals surface area contributed by atoms with Gasteiger partial charge in [-0.3, -0.25) is 0 Å². The van der Waals surface area contributed by atoms with Gasteiger partial charge in [-0.15, -0.1) is 4.52 Å². The molecular formula is C19H4F35O3P. The molecule has 0 spiro atoms. The molecular weight excluding hydrogens is 972 g/mol. The highest BCUT2D eigenvalue weighted by Crippen LogP contribution is 2.70. The summed E-state index contributed by atoms with van der Waals surface area (Å²) in [5.74, 6) is -137. The van der Waals surface area contributed by atoms with Gasteiger partial charge in [0.05, 0.1) is 0 Å². The lowest BCUT2D eigenvalue weighted by Gasteiger charge is -2.47. The van der Waals surface area contributed by atoms with E-state index in [9.17, 15) is 163 Å². The van der Waals surface area contributed by atoms with Crippen molar-refractivity contribution in [2.75, 3.05) is 6.61 Å². The van der Waals surface area contributed by atoms with Crippen LogP contribution in [0, 0.1) is 0 Å². The van der Waals surface area contributed by atoms with E-state index in [1.54, 1.807) is 0 Å². The predicted molar refractivity (Wildman–Crippen MR) is 103 cm³/mol. The molecule has 0 heterocycles. The van der Waals surface area contributed by atoms with Crippen LogP contribution in [0.15, 0.2) is 0 Å². The first-order valence-electron chi connectivity index (χ1n) is 12.3. The predicted octanol–water partition coefficient (Wildman–Crippen LogP) is 11.1. The molecule has 0 amide bonds. The van der Waals surface area contributed by atoms with Gasteiger partial charge in [0, 0.05) is 6.42 Å². The molecule has 0 saturated carbocycles. The van der Waals surface area contributed by atoms with E-state index in [0.29, 0.717) is 0 Å². The van der Waals surface area contributed by atoms with Crippen LogP contribution in [-0.4, -0.2) is 108 Å². The van der Waals surface area contributed by atoms with Crippen LogP contribution in [0.1, 0.15) is 6.42 Å². The monoisotopic (exact) mass is 976 g/mol. The number of hydrogen-bond acceptors (Lipinski definition) is 3. The number of halogens is 35. The molecule has 0 aromatic heterocycles. The Labute approximate surface area is 291 Å². The zero-order valence-corrected chi connectivity index (χ0v) is 25.7. The molecule has 0 saturated heterocycles. The summed E-state index contributed by atoms with van der Waals surface area (Å²) in [7, 11) is -4.51. The molecule has 58 heavy (non-hydrogen) atoms. The molecule has 0 aliphatic heterocycles. The Bertz CT molecular complexity index is 1490. The lowest BCUT2D eigenvalue weighted by atomic mass is 9.81. The van der Waals surface area contributed by atoms with E-state index in [1.165, 1.54) is 0 Å². The zero-order valence-electron chi connectivity index (χ0n) is 24.8. The lowest BCUT2D eigenvalue weighted by molar-refractivity contribution is -0.493. The summed E-state index contributed by atoms with van der Waals surface area (Å²) in [6.07, 6.45) is -21.3. The van der Waals surface area contributed by atoms with E-state index >= 15 is 0 Å². The van der Waals surface area contributed by atoms with Crippen molar-refractivity contribution in [2.45, 2.75) is 107 Å². The Morgan fingerprint density at radius 2 is 0.483 bits per heavy atom. The second-order valence-electron chi connectivity index (χ2n) is 10.6. The van der Waals surface area contributed by atoms with Gasteiger partial charge in [-0.2, -0.15) is 149 Å². The van der Waals surface area contributed by atoms with Crippen molar-refractivity contribution in [3.05, 3.63) is 0 Å².